The molecule has 3 nitrogen and oxygen atoms in total. The van der Waals surface area contributed by atoms with Crippen molar-refractivity contribution >= 4 is 31.9 Å². The standard InChI is InChI=1S/C16H24Br2N2O/c1-3-21-16-14(17)8-12(9-15(16)18)10-19-11-13-6-4-5-7-20(13)2/h8-9,13,19H,3-7,10-11H2,1-2H3. The molecule has 1 fully saturated rings. The van der Waals surface area contributed by atoms with E-state index >= 15 is 0 Å². The lowest BCUT2D eigenvalue weighted by atomic mass is 10.0. The molecule has 0 aromatic heterocycles. The maximum Gasteiger partial charge on any atom is 0.147 e. The first-order valence-corrected chi connectivity index (χ1v) is 9.22. The number of hydrogen-bond donors (Lipinski definition) is 1. The molecule has 0 bridgehead atoms. The molecular formula is C16H24Br2N2O. The molecule has 5 heteroatoms. The molecule has 0 aliphatic carbocycles. The number of nitrogens with zero attached hydrogens (tertiary/aromatic N) is 1. The van der Waals surface area contributed by atoms with E-state index in [-0.39, 0.29) is 0 Å². The summed E-state index contributed by atoms with van der Waals surface area (Å²) in [5.41, 5.74) is 1.26. The second-order valence-corrected chi connectivity index (χ2v) is 7.29. The summed E-state index contributed by atoms with van der Waals surface area (Å²) in [6, 6.07) is 4.94. The third-order valence-corrected chi connectivity index (χ3v) is 5.16. The van der Waals surface area contributed by atoms with Gasteiger partial charge >= 0.3 is 0 Å². The number of benzene rings is 1. The van der Waals surface area contributed by atoms with Crippen LogP contribution in [0.4, 0.5) is 0 Å². The summed E-state index contributed by atoms with van der Waals surface area (Å²) in [5, 5.41) is 3.58. The van der Waals surface area contributed by atoms with Gasteiger partial charge in [-0.05, 0) is 82.9 Å². The predicted octanol–water partition coefficient (Wildman–Crippen LogP) is 4.18. The molecule has 2 rings (SSSR count). The van der Waals surface area contributed by atoms with E-state index in [2.05, 4.69) is 61.3 Å². The lowest BCUT2D eigenvalue weighted by molar-refractivity contribution is 0.181. The third-order valence-electron chi connectivity index (χ3n) is 3.98. The molecule has 1 unspecified atom stereocenters. The Labute approximate surface area is 144 Å². The molecule has 1 heterocycles. The molecule has 0 spiro atoms. The van der Waals surface area contributed by atoms with Crippen molar-refractivity contribution in [1.82, 2.24) is 10.2 Å². The van der Waals surface area contributed by atoms with Crippen molar-refractivity contribution in [3.63, 3.8) is 0 Å². The fourth-order valence-electron chi connectivity index (χ4n) is 2.78. The maximum absolute atomic E-state index is 5.62. The average Bonchev–Trinajstić information content (AvgIpc) is 2.45. The maximum atomic E-state index is 5.62. The van der Waals surface area contributed by atoms with Crippen LogP contribution in [0.25, 0.3) is 0 Å². The fourth-order valence-corrected chi connectivity index (χ4v) is 4.29. The van der Waals surface area contributed by atoms with Gasteiger partial charge in [-0.15, -0.1) is 0 Å². The summed E-state index contributed by atoms with van der Waals surface area (Å²) >= 11 is 7.17. The number of ether oxygens (including phenoxy) is 1. The van der Waals surface area contributed by atoms with Crippen LogP contribution in [0.3, 0.4) is 0 Å². The van der Waals surface area contributed by atoms with Crippen molar-refractivity contribution in [2.75, 3.05) is 26.7 Å². The Balaban J connectivity index is 1.88. The van der Waals surface area contributed by atoms with Gasteiger partial charge in [0.1, 0.15) is 5.75 Å². The number of nitrogens with one attached hydrogen (secondary N) is 1. The lowest BCUT2D eigenvalue weighted by Gasteiger charge is -2.32. The first-order valence-electron chi connectivity index (χ1n) is 7.63. The molecule has 1 saturated heterocycles. The zero-order valence-electron chi connectivity index (χ0n) is 12.8. The van der Waals surface area contributed by atoms with Crippen molar-refractivity contribution < 1.29 is 4.74 Å². The molecule has 1 atom stereocenters. The minimum atomic E-state index is 0.669. The van der Waals surface area contributed by atoms with Gasteiger partial charge in [0.15, 0.2) is 0 Å². The van der Waals surface area contributed by atoms with Crippen LogP contribution in [0.15, 0.2) is 21.1 Å². The van der Waals surface area contributed by atoms with Gasteiger partial charge in [0, 0.05) is 19.1 Å². The largest absolute Gasteiger partial charge is 0.492 e. The zero-order chi connectivity index (χ0) is 15.2. The molecule has 1 N–H and O–H groups in total. The topological polar surface area (TPSA) is 24.5 Å². The van der Waals surface area contributed by atoms with Gasteiger partial charge in [0.05, 0.1) is 15.6 Å². The Morgan fingerprint density at radius 1 is 1.29 bits per heavy atom. The molecule has 1 aromatic carbocycles. The van der Waals surface area contributed by atoms with E-state index < -0.39 is 0 Å². The van der Waals surface area contributed by atoms with Gasteiger partial charge in [0.2, 0.25) is 0 Å². The Kier molecular flexibility index (Phi) is 6.99. The molecule has 1 aliphatic heterocycles. The van der Waals surface area contributed by atoms with Gasteiger partial charge in [-0.25, -0.2) is 0 Å². The summed E-state index contributed by atoms with van der Waals surface area (Å²) in [5.74, 6) is 0.883. The van der Waals surface area contributed by atoms with Crippen LogP contribution >= 0.6 is 31.9 Å². The first kappa shape index (κ1) is 17.3. The van der Waals surface area contributed by atoms with Gasteiger partial charge in [-0.2, -0.15) is 0 Å². The normalized spacial score (nSPS) is 19.7. The van der Waals surface area contributed by atoms with Crippen LogP contribution in [0.2, 0.25) is 0 Å². The number of likely N-dealkylation sites (tertiary alicyclic amines) is 1. The third kappa shape index (κ3) is 4.95. The number of halogens is 2. The molecule has 0 amide bonds. The minimum absolute atomic E-state index is 0.669. The highest BCUT2D eigenvalue weighted by molar-refractivity contribution is 9.11. The highest BCUT2D eigenvalue weighted by Crippen LogP contribution is 2.34. The van der Waals surface area contributed by atoms with Gasteiger partial charge in [-0.1, -0.05) is 6.42 Å². The van der Waals surface area contributed by atoms with Crippen LogP contribution in [0.5, 0.6) is 5.75 Å². The highest BCUT2D eigenvalue weighted by Gasteiger charge is 2.18. The molecular weight excluding hydrogens is 396 g/mol. The van der Waals surface area contributed by atoms with Crippen molar-refractivity contribution in [2.45, 2.75) is 38.8 Å². The Morgan fingerprint density at radius 2 is 2.00 bits per heavy atom. The highest BCUT2D eigenvalue weighted by atomic mass is 79.9. The smallest absolute Gasteiger partial charge is 0.147 e. The minimum Gasteiger partial charge on any atom is -0.492 e. The molecule has 118 valence electrons. The van der Waals surface area contributed by atoms with Crippen molar-refractivity contribution in [1.29, 1.82) is 0 Å². The SMILES string of the molecule is CCOc1c(Br)cc(CNCC2CCCCN2C)cc1Br. The van der Waals surface area contributed by atoms with Gasteiger partial charge in [0.25, 0.3) is 0 Å². The van der Waals surface area contributed by atoms with Gasteiger partial charge in [-0.3, -0.25) is 0 Å². The first-order chi connectivity index (χ1) is 10.1. The number of likely N-dealkylation sites (N-methyl/N-ethyl adjacent to an activating group) is 1. The van der Waals surface area contributed by atoms with E-state index in [1.54, 1.807) is 0 Å². The lowest BCUT2D eigenvalue weighted by Crippen LogP contribution is -2.42. The second-order valence-electron chi connectivity index (χ2n) is 5.58. The monoisotopic (exact) mass is 418 g/mol. The quantitative estimate of drug-likeness (QED) is 0.748. The van der Waals surface area contributed by atoms with Crippen LogP contribution in [-0.2, 0) is 6.54 Å². The Morgan fingerprint density at radius 3 is 2.62 bits per heavy atom. The molecule has 0 saturated carbocycles. The summed E-state index contributed by atoms with van der Waals surface area (Å²) in [4.78, 5) is 2.47. The summed E-state index contributed by atoms with van der Waals surface area (Å²) in [6.07, 6.45) is 4.00. The summed E-state index contributed by atoms with van der Waals surface area (Å²) in [7, 11) is 2.23. The number of hydrogen-bond acceptors (Lipinski definition) is 3. The van der Waals surface area contributed by atoms with Crippen LogP contribution in [-0.4, -0.2) is 37.7 Å². The summed E-state index contributed by atoms with van der Waals surface area (Å²) < 4.78 is 7.63. The molecule has 0 radical (unpaired) electrons. The van der Waals surface area contributed by atoms with Crippen LogP contribution in [0.1, 0.15) is 31.7 Å². The molecule has 1 aliphatic rings. The Bertz CT molecular complexity index is 445. The predicted molar refractivity (Wildman–Crippen MR) is 95.0 cm³/mol. The Hall–Kier alpha value is -0.100. The van der Waals surface area contributed by atoms with E-state index in [0.717, 1.165) is 27.8 Å². The van der Waals surface area contributed by atoms with E-state index in [0.29, 0.717) is 12.6 Å². The summed E-state index contributed by atoms with van der Waals surface area (Å²) in [6.45, 7) is 5.83. The van der Waals surface area contributed by atoms with Crippen molar-refractivity contribution in [3.8, 4) is 5.75 Å². The van der Waals surface area contributed by atoms with Crippen molar-refractivity contribution in [3.05, 3.63) is 26.6 Å². The number of piperidine rings is 1. The average molecular weight is 420 g/mol. The van der Waals surface area contributed by atoms with E-state index in [1.807, 2.05) is 6.92 Å². The van der Waals surface area contributed by atoms with Crippen LogP contribution < -0.4 is 10.1 Å². The zero-order valence-corrected chi connectivity index (χ0v) is 16.0. The van der Waals surface area contributed by atoms with E-state index in [4.69, 9.17) is 4.74 Å². The van der Waals surface area contributed by atoms with Gasteiger partial charge < -0.3 is 15.0 Å². The van der Waals surface area contributed by atoms with E-state index in [9.17, 15) is 0 Å². The van der Waals surface area contributed by atoms with Crippen molar-refractivity contribution in [2.24, 2.45) is 0 Å². The van der Waals surface area contributed by atoms with Crippen LogP contribution in [0, 0.1) is 0 Å². The van der Waals surface area contributed by atoms with E-state index in [1.165, 1.54) is 31.4 Å². The second kappa shape index (κ2) is 8.51. The molecule has 1 aromatic rings. The fraction of sp³-hybridized carbons (Fsp3) is 0.625. The molecule has 21 heavy (non-hydrogen) atoms. The number of rotatable bonds is 6.